The first kappa shape index (κ1) is 17.6. The maximum Gasteiger partial charge on any atom is 0.180 e. The molecule has 1 fully saturated rings. The Hall–Kier alpha value is -2.79. The first-order chi connectivity index (χ1) is 13.2. The van der Waals surface area contributed by atoms with Gasteiger partial charge in [-0.15, -0.1) is 0 Å². The molecule has 5 nitrogen and oxygen atoms in total. The minimum absolute atomic E-state index is 0.136. The van der Waals surface area contributed by atoms with Crippen molar-refractivity contribution in [3.05, 3.63) is 71.5 Å². The number of nitrogens with zero attached hydrogens (tertiary/aromatic N) is 3. The van der Waals surface area contributed by atoms with Crippen molar-refractivity contribution in [1.82, 2.24) is 15.0 Å². The van der Waals surface area contributed by atoms with Gasteiger partial charge in [-0.25, -0.2) is 9.97 Å². The van der Waals surface area contributed by atoms with E-state index in [1.807, 2.05) is 31.2 Å². The maximum atomic E-state index is 6.00. The highest BCUT2D eigenvalue weighted by Gasteiger charge is 2.29. The Morgan fingerprint density at radius 3 is 2.63 bits per heavy atom. The molecule has 0 amide bonds. The lowest BCUT2D eigenvalue weighted by molar-refractivity contribution is 0.0933. The van der Waals surface area contributed by atoms with Crippen LogP contribution in [0.2, 0.25) is 0 Å². The summed E-state index contributed by atoms with van der Waals surface area (Å²) >= 11 is 0. The zero-order chi connectivity index (χ0) is 18.6. The van der Waals surface area contributed by atoms with E-state index in [0.29, 0.717) is 11.7 Å². The van der Waals surface area contributed by atoms with Gasteiger partial charge in [-0.1, -0.05) is 36.4 Å². The van der Waals surface area contributed by atoms with E-state index in [1.165, 1.54) is 5.56 Å². The van der Waals surface area contributed by atoms with Crippen molar-refractivity contribution in [3.63, 3.8) is 0 Å². The third-order valence-electron chi connectivity index (χ3n) is 5.16. The summed E-state index contributed by atoms with van der Waals surface area (Å²) in [6.45, 7) is 5.69. The SMILES string of the molecule is Cc1nc(-c2ccccn2)nc(NCC2CCOC2c2ccccc2)c1C. The highest BCUT2D eigenvalue weighted by Crippen LogP contribution is 2.34. The molecule has 4 rings (SSSR count). The van der Waals surface area contributed by atoms with Gasteiger partial charge in [-0.3, -0.25) is 4.98 Å². The molecule has 0 saturated carbocycles. The van der Waals surface area contributed by atoms with Crippen LogP contribution in [0, 0.1) is 19.8 Å². The maximum absolute atomic E-state index is 6.00. The zero-order valence-corrected chi connectivity index (χ0v) is 15.7. The summed E-state index contributed by atoms with van der Waals surface area (Å²) in [6, 6.07) is 16.2. The summed E-state index contributed by atoms with van der Waals surface area (Å²) < 4.78 is 6.00. The van der Waals surface area contributed by atoms with Crippen LogP contribution in [0.15, 0.2) is 54.7 Å². The van der Waals surface area contributed by atoms with E-state index in [9.17, 15) is 0 Å². The van der Waals surface area contributed by atoms with Crippen LogP contribution in [0.3, 0.4) is 0 Å². The van der Waals surface area contributed by atoms with Crippen molar-refractivity contribution in [1.29, 1.82) is 0 Å². The second kappa shape index (κ2) is 7.84. The molecule has 1 N–H and O–H groups in total. The van der Waals surface area contributed by atoms with Crippen LogP contribution in [0.5, 0.6) is 0 Å². The van der Waals surface area contributed by atoms with E-state index in [2.05, 4.69) is 46.5 Å². The van der Waals surface area contributed by atoms with E-state index < -0.39 is 0 Å². The number of anilines is 1. The number of ether oxygens (including phenoxy) is 1. The van der Waals surface area contributed by atoms with E-state index in [4.69, 9.17) is 9.72 Å². The minimum Gasteiger partial charge on any atom is -0.373 e. The Kier molecular flexibility index (Phi) is 5.12. The summed E-state index contributed by atoms with van der Waals surface area (Å²) in [4.78, 5) is 13.7. The van der Waals surface area contributed by atoms with Gasteiger partial charge in [0.15, 0.2) is 5.82 Å². The molecule has 0 radical (unpaired) electrons. The molecule has 1 aliphatic heterocycles. The molecule has 1 saturated heterocycles. The quantitative estimate of drug-likeness (QED) is 0.733. The number of rotatable bonds is 5. The van der Waals surface area contributed by atoms with Crippen LogP contribution in [-0.2, 0) is 4.74 Å². The van der Waals surface area contributed by atoms with E-state index >= 15 is 0 Å². The van der Waals surface area contributed by atoms with Crippen LogP contribution >= 0.6 is 0 Å². The van der Waals surface area contributed by atoms with Crippen molar-refractivity contribution in [2.45, 2.75) is 26.4 Å². The number of aryl methyl sites for hydroxylation is 1. The lowest BCUT2D eigenvalue weighted by Crippen LogP contribution is -2.19. The first-order valence-corrected chi connectivity index (χ1v) is 9.39. The largest absolute Gasteiger partial charge is 0.373 e. The smallest absolute Gasteiger partial charge is 0.180 e. The summed E-state index contributed by atoms with van der Waals surface area (Å²) in [6.07, 6.45) is 2.95. The summed E-state index contributed by atoms with van der Waals surface area (Å²) in [5, 5.41) is 3.55. The molecule has 2 aromatic heterocycles. The second-order valence-electron chi connectivity index (χ2n) is 6.95. The van der Waals surface area contributed by atoms with Gasteiger partial charge in [0.1, 0.15) is 11.5 Å². The van der Waals surface area contributed by atoms with E-state index in [0.717, 1.165) is 42.3 Å². The fourth-order valence-corrected chi connectivity index (χ4v) is 3.49. The predicted octanol–water partition coefficient (Wildman–Crippen LogP) is 4.35. The van der Waals surface area contributed by atoms with E-state index in [1.54, 1.807) is 6.20 Å². The van der Waals surface area contributed by atoms with Gasteiger partial charge in [0, 0.05) is 36.5 Å². The molecule has 3 heterocycles. The number of aromatic nitrogens is 3. The molecule has 1 aliphatic rings. The predicted molar refractivity (Wildman–Crippen MR) is 106 cm³/mol. The molecule has 5 heteroatoms. The van der Waals surface area contributed by atoms with Crippen molar-refractivity contribution in [3.8, 4) is 11.5 Å². The summed E-state index contributed by atoms with van der Waals surface area (Å²) in [5.74, 6) is 1.95. The van der Waals surface area contributed by atoms with Crippen LogP contribution in [0.1, 0.15) is 29.3 Å². The Bertz CT molecular complexity index is 899. The normalized spacial score (nSPS) is 19.2. The Morgan fingerprint density at radius 1 is 1.04 bits per heavy atom. The monoisotopic (exact) mass is 360 g/mol. The van der Waals surface area contributed by atoms with Gasteiger partial charge in [-0.2, -0.15) is 0 Å². The third-order valence-corrected chi connectivity index (χ3v) is 5.16. The van der Waals surface area contributed by atoms with E-state index in [-0.39, 0.29) is 6.10 Å². The van der Waals surface area contributed by atoms with Gasteiger partial charge >= 0.3 is 0 Å². The molecule has 1 aromatic carbocycles. The van der Waals surface area contributed by atoms with Gasteiger partial charge in [-0.05, 0) is 38.0 Å². The molecular weight excluding hydrogens is 336 g/mol. The van der Waals surface area contributed by atoms with Gasteiger partial charge in [0.05, 0.1) is 6.10 Å². The third kappa shape index (κ3) is 3.83. The van der Waals surface area contributed by atoms with Crippen LogP contribution in [0.4, 0.5) is 5.82 Å². The van der Waals surface area contributed by atoms with Gasteiger partial charge < -0.3 is 10.1 Å². The molecule has 2 unspecified atom stereocenters. The first-order valence-electron chi connectivity index (χ1n) is 9.39. The summed E-state index contributed by atoms with van der Waals surface area (Å²) in [7, 11) is 0. The lowest BCUT2D eigenvalue weighted by Gasteiger charge is -2.20. The Balaban J connectivity index is 1.53. The minimum atomic E-state index is 0.136. The van der Waals surface area contributed by atoms with Crippen molar-refractivity contribution in [2.24, 2.45) is 5.92 Å². The van der Waals surface area contributed by atoms with Crippen molar-refractivity contribution < 1.29 is 4.74 Å². The average molecular weight is 360 g/mol. The standard InChI is InChI=1S/C22H24N4O/c1-15-16(2)25-22(19-10-6-7-12-23-19)26-21(15)24-14-18-11-13-27-20(18)17-8-4-3-5-9-17/h3-10,12,18,20H,11,13-14H2,1-2H3,(H,24,25,26). The fourth-order valence-electron chi connectivity index (χ4n) is 3.49. The molecule has 0 spiro atoms. The number of benzene rings is 1. The van der Waals surface area contributed by atoms with Crippen LogP contribution in [0.25, 0.3) is 11.5 Å². The molecular formula is C22H24N4O. The average Bonchev–Trinajstić information content (AvgIpc) is 3.19. The highest BCUT2D eigenvalue weighted by atomic mass is 16.5. The van der Waals surface area contributed by atoms with Crippen LogP contribution in [-0.4, -0.2) is 28.1 Å². The number of pyridine rings is 1. The van der Waals surface area contributed by atoms with Crippen molar-refractivity contribution >= 4 is 5.82 Å². The van der Waals surface area contributed by atoms with Crippen molar-refractivity contribution in [2.75, 3.05) is 18.5 Å². The topological polar surface area (TPSA) is 59.9 Å². The summed E-state index contributed by atoms with van der Waals surface area (Å²) in [5.41, 5.74) is 4.07. The molecule has 0 aliphatic carbocycles. The lowest BCUT2D eigenvalue weighted by atomic mass is 9.95. The molecule has 2 atom stereocenters. The Labute approximate surface area is 159 Å². The fraction of sp³-hybridized carbons (Fsp3) is 0.318. The molecule has 27 heavy (non-hydrogen) atoms. The second-order valence-corrected chi connectivity index (χ2v) is 6.95. The number of hydrogen-bond donors (Lipinski definition) is 1. The Morgan fingerprint density at radius 2 is 1.85 bits per heavy atom. The van der Waals surface area contributed by atoms with Gasteiger partial charge in [0.2, 0.25) is 0 Å². The number of nitrogens with one attached hydrogen (secondary N) is 1. The molecule has 0 bridgehead atoms. The molecule has 3 aromatic rings. The number of hydrogen-bond acceptors (Lipinski definition) is 5. The van der Waals surface area contributed by atoms with Crippen LogP contribution < -0.4 is 5.32 Å². The zero-order valence-electron chi connectivity index (χ0n) is 15.7. The molecule has 138 valence electrons. The highest BCUT2D eigenvalue weighted by molar-refractivity contribution is 5.56. The van der Waals surface area contributed by atoms with Gasteiger partial charge in [0.25, 0.3) is 0 Å².